The number of amides is 1. The molecule has 0 spiro atoms. The van der Waals surface area contributed by atoms with Crippen LogP contribution in [0.25, 0.3) is 11.0 Å². The number of piperidine rings is 1. The predicted molar refractivity (Wildman–Crippen MR) is 116 cm³/mol. The van der Waals surface area contributed by atoms with Crippen LogP contribution in [0.2, 0.25) is 5.02 Å². The number of hydrogen-bond acceptors (Lipinski definition) is 6. The van der Waals surface area contributed by atoms with E-state index in [1.807, 2.05) is 10.9 Å². The van der Waals surface area contributed by atoms with E-state index in [0.717, 1.165) is 30.5 Å². The van der Waals surface area contributed by atoms with E-state index in [-0.39, 0.29) is 11.9 Å². The molecule has 1 saturated carbocycles. The lowest BCUT2D eigenvalue weighted by Gasteiger charge is -2.33. The zero-order valence-electron chi connectivity index (χ0n) is 16.4. The number of halogens is 1. The second-order valence-corrected chi connectivity index (χ2v) is 8.20. The summed E-state index contributed by atoms with van der Waals surface area (Å²) in [4.78, 5) is 26.2. The summed E-state index contributed by atoms with van der Waals surface area (Å²) in [5, 5.41) is 12.4. The van der Waals surface area contributed by atoms with Crippen LogP contribution in [0.3, 0.4) is 0 Å². The van der Waals surface area contributed by atoms with E-state index in [1.54, 1.807) is 17.3 Å². The summed E-state index contributed by atoms with van der Waals surface area (Å²) < 4.78 is 1.97. The third-order valence-corrected chi connectivity index (χ3v) is 5.81. The van der Waals surface area contributed by atoms with Crippen LogP contribution in [-0.2, 0) is 4.79 Å². The Morgan fingerprint density at radius 3 is 3.00 bits per heavy atom. The van der Waals surface area contributed by atoms with Gasteiger partial charge in [-0.15, -0.1) is 0 Å². The molecule has 1 amide bonds. The van der Waals surface area contributed by atoms with Crippen LogP contribution >= 0.6 is 11.6 Å². The van der Waals surface area contributed by atoms with Crippen LogP contribution < -0.4 is 10.6 Å². The number of aromatic amines is 1. The fourth-order valence-corrected chi connectivity index (χ4v) is 4.08. The molecule has 9 nitrogen and oxygen atoms in total. The number of aromatic nitrogens is 5. The predicted octanol–water partition coefficient (Wildman–Crippen LogP) is 3.48. The highest BCUT2D eigenvalue weighted by molar-refractivity contribution is 6.36. The van der Waals surface area contributed by atoms with Crippen LogP contribution in [0.1, 0.15) is 31.7 Å². The number of carbonyl (C=O) groups is 1. The Labute approximate surface area is 178 Å². The molecule has 10 heteroatoms. The zero-order valence-corrected chi connectivity index (χ0v) is 17.2. The number of anilines is 3. The van der Waals surface area contributed by atoms with E-state index in [9.17, 15) is 4.79 Å². The van der Waals surface area contributed by atoms with Crippen LogP contribution in [0.4, 0.5) is 17.5 Å². The number of nitrogens with one attached hydrogen (secondary N) is 3. The maximum Gasteiger partial charge on any atom is 0.246 e. The van der Waals surface area contributed by atoms with Crippen molar-refractivity contribution in [1.82, 2.24) is 29.6 Å². The van der Waals surface area contributed by atoms with Crippen LogP contribution in [0.5, 0.6) is 0 Å². The van der Waals surface area contributed by atoms with Gasteiger partial charge in [0.15, 0.2) is 0 Å². The first kappa shape index (κ1) is 18.9. The monoisotopic (exact) mass is 426 g/mol. The number of carbonyl (C=O) groups excluding carboxylic acids is 1. The third-order valence-electron chi connectivity index (χ3n) is 5.51. The van der Waals surface area contributed by atoms with Crippen LogP contribution in [-0.4, -0.2) is 54.7 Å². The summed E-state index contributed by atoms with van der Waals surface area (Å²) in [6, 6.07) is 0.577. The van der Waals surface area contributed by atoms with Gasteiger partial charge in [-0.1, -0.05) is 18.2 Å². The summed E-state index contributed by atoms with van der Waals surface area (Å²) in [5.74, 6) is 1.04. The minimum atomic E-state index is -0.0518. The quantitative estimate of drug-likeness (QED) is 0.521. The second kappa shape index (κ2) is 7.64. The smallest absolute Gasteiger partial charge is 0.246 e. The lowest BCUT2D eigenvalue weighted by Crippen LogP contribution is -2.44. The Balaban J connectivity index is 1.40. The number of hydrogen-bond donors (Lipinski definition) is 3. The first-order valence-corrected chi connectivity index (χ1v) is 10.5. The molecule has 3 aromatic rings. The average molecular weight is 427 g/mol. The van der Waals surface area contributed by atoms with Crippen LogP contribution in [0.15, 0.2) is 31.2 Å². The van der Waals surface area contributed by atoms with E-state index in [1.165, 1.54) is 18.9 Å². The molecule has 1 atom stereocenters. The molecule has 5 rings (SSSR count). The molecule has 3 aromatic heterocycles. The van der Waals surface area contributed by atoms with Crippen molar-refractivity contribution in [3.8, 4) is 0 Å². The molecule has 156 valence electrons. The topological polar surface area (TPSA) is 104 Å². The van der Waals surface area contributed by atoms with Crippen molar-refractivity contribution in [2.75, 3.05) is 23.7 Å². The number of fused-ring (bicyclic) bond motifs is 1. The largest absolute Gasteiger partial charge is 0.365 e. The van der Waals surface area contributed by atoms with Crippen molar-refractivity contribution in [2.24, 2.45) is 0 Å². The van der Waals surface area contributed by atoms with Gasteiger partial charge in [0, 0.05) is 31.5 Å². The van der Waals surface area contributed by atoms with Gasteiger partial charge < -0.3 is 20.5 Å². The van der Waals surface area contributed by atoms with E-state index in [2.05, 4.69) is 37.3 Å². The number of likely N-dealkylation sites (tertiary alicyclic amines) is 1. The first-order valence-electron chi connectivity index (χ1n) is 10.1. The van der Waals surface area contributed by atoms with Gasteiger partial charge in [0.05, 0.1) is 28.3 Å². The number of rotatable bonds is 6. The molecular weight excluding hydrogens is 404 g/mol. The van der Waals surface area contributed by atoms with Gasteiger partial charge in [0.2, 0.25) is 11.9 Å². The molecule has 2 aliphatic rings. The lowest BCUT2D eigenvalue weighted by molar-refractivity contribution is -0.127. The average Bonchev–Trinajstić information content (AvgIpc) is 3.39. The van der Waals surface area contributed by atoms with Crippen LogP contribution in [0, 0.1) is 0 Å². The van der Waals surface area contributed by atoms with E-state index in [0.29, 0.717) is 35.0 Å². The molecule has 1 saturated heterocycles. The molecule has 3 N–H and O–H groups in total. The summed E-state index contributed by atoms with van der Waals surface area (Å²) >= 11 is 6.39. The maximum absolute atomic E-state index is 12.0. The Morgan fingerprint density at radius 1 is 1.33 bits per heavy atom. The first-order chi connectivity index (χ1) is 14.6. The summed E-state index contributed by atoms with van der Waals surface area (Å²) in [6.45, 7) is 4.92. The Bertz CT molecular complexity index is 1100. The molecule has 0 aromatic carbocycles. The molecule has 1 aliphatic carbocycles. The highest BCUT2D eigenvalue weighted by Gasteiger charge is 2.25. The van der Waals surface area contributed by atoms with Crippen molar-refractivity contribution in [1.29, 1.82) is 0 Å². The SMILES string of the molecule is C=CC(=O)N1CCC[C@@H](Nc2nc(Nc3cnn(C4CC4)c3)nc3[nH]cc(Cl)c23)C1. The van der Waals surface area contributed by atoms with E-state index in [4.69, 9.17) is 11.6 Å². The summed E-state index contributed by atoms with van der Waals surface area (Å²) in [5.41, 5.74) is 1.48. The van der Waals surface area contributed by atoms with Crippen molar-refractivity contribution in [3.63, 3.8) is 0 Å². The van der Waals surface area contributed by atoms with Gasteiger partial charge in [-0.25, -0.2) is 0 Å². The molecule has 2 fully saturated rings. The van der Waals surface area contributed by atoms with Gasteiger partial charge in [0.1, 0.15) is 11.5 Å². The fraction of sp³-hybridized carbons (Fsp3) is 0.400. The lowest BCUT2D eigenvalue weighted by atomic mass is 10.1. The minimum absolute atomic E-state index is 0.0518. The van der Waals surface area contributed by atoms with Crippen molar-refractivity contribution < 1.29 is 4.79 Å². The minimum Gasteiger partial charge on any atom is -0.365 e. The summed E-state index contributed by atoms with van der Waals surface area (Å²) in [7, 11) is 0. The Morgan fingerprint density at radius 2 is 2.20 bits per heavy atom. The van der Waals surface area contributed by atoms with Gasteiger partial charge in [-0.2, -0.15) is 15.1 Å². The Hall–Kier alpha value is -3.07. The van der Waals surface area contributed by atoms with E-state index < -0.39 is 0 Å². The van der Waals surface area contributed by atoms with Gasteiger partial charge in [-0.05, 0) is 31.8 Å². The zero-order chi connectivity index (χ0) is 20.7. The van der Waals surface area contributed by atoms with Gasteiger partial charge in [-0.3, -0.25) is 9.48 Å². The number of H-pyrrole nitrogens is 1. The fourth-order valence-electron chi connectivity index (χ4n) is 3.84. The maximum atomic E-state index is 12.0. The van der Waals surface area contributed by atoms with Gasteiger partial charge >= 0.3 is 0 Å². The molecule has 4 heterocycles. The standard InChI is InChI=1S/C20H23ClN8O/c1-2-16(30)28-7-3-4-12(10-28)24-19-17-15(21)9-22-18(17)26-20(27-19)25-13-8-23-29(11-13)14-5-6-14/h2,8-9,11-12,14H,1,3-7,10H2,(H3,22,24,25,26,27)/t12-/m1/s1. The Kier molecular flexibility index (Phi) is 4.82. The van der Waals surface area contributed by atoms with Gasteiger partial charge in [0.25, 0.3) is 0 Å². The molecular formula is C20H23ClN8O. The molecule has 0 bridgehead atoms. The number of nitrogens with zero attached hydrogens (tertiary/aromatic N) is 5. The second-order valence-electron chi connectivity index (χ2n) is 7.79. The van der Waals surface area contributed by atoms with E-state index >= 15 is 0 Å². The van der Waals surface area contributed by atoms with Crippen molar-refractivity contribution >= 4 is 46.0 Å². The summed E-state index contributed by atoms with van der Waals surface area (Å²) in [6.07, 6.45) is 11.0. The molecule has 0 unspecified atom stereocenters. The highest BCUT2D eigenvalue weighted by Crippen LogP contribution is 2.35. The normalized spacial score (nSPS) is 19.1. The highest BCUT2D eigenvalue weighted by atomic mass is 35.5. The third kappa shape index (κ3) is 3.72. The van der Waals surface area contributed by atoms with Crippen molar-refractivity contribution in [3.05, 3.63) is 36.3 Å². The molecule has 1 aliphatic heterocycles. The van der Waals surface area contributed by atoms with Crippen molar-refractivity contribution in [2.45, 2.75) is 37.8 Å². The molecule has 30 heavy (non-hydrogen) atoms. The molecule has 0 radical (unpaired) electrons.